The molecule has 2 rings (SSSR count). The zero-order chi connectivity index (χ0) is 12.4. The molecule has 0 unspecified atom stereocenters. The van der Waals surface area contributed by atoms with Crippen LogP contribution in [0.3, 0.4) is 0 Å². The molecule has 0 radical (unpaired) electrons. The number of nitrogen functional groups attached to an aromatic ring is 1. The highest BCUT2D eigenvalue weighted by molar-refractivity contribution is 5.55. The van der Waals surface area contributed by atoms with Gasteiger partial charge in [0, 0.05) is 0 Å². The Morgan fingerprint density at radius 2 is 1.82 bits per heavy atom. The van der Waals surface area contributed by atoms with E-state index in [2.05, 4.69) is 10.2 Å². The van der Waals surface area contributed by atoms with Gasteiger partial charge in [-0.05, 0) is 17.3 Å². The number of rotatable bonds is 2. The Hall–Kier alpha value is -2.70. The minimum Gasteiger partial charge on any atom is -0.383 e. The van der Waals surface area contributed by atoms with Crippen molar-refractivity contribution in [3.8, 4) is 5.69 Å². The summed E-state index contributed by atoms with van der Waals surface area (Å²) in [4.78, 5) is 36.1. The lowest BCUT2D eigenvalue weighted by Crippen LogP contribution is -2.34. The summed E-state index contributed by atoms with van der Waals surface area (Å²) < 4.78 is 0.799. The van der Waals surface area contributed by atoms with E-state index in [-0.39, 0.29) is 5.82 Å². The van der Waals surface area contributed by atoms with Crippen molar-refractivity contribution < 1.29 is 0 Å². The molecule has 0 saturated carbocycles. The Bertz CT molecular complexity index is 672. The van der Waals surface area contributed by atoms with Gasteiger partial charge in [-0.15, -0.1) is 4.91 Å². The zero-order valence-corrected chi connectivity index (χ0v) is 8.58. The van der Waals surface area contributed by atoms with Gasteiger partial charge in [0.05, 0.1) is 5.69 Å². The molecule has 0 atom stereocenters. The monoisotopic (exact) mass is 232 g/mol. The first-order chi connectivity index (χ1) is 8.15. The van der Waals surface area contributed by atoms with Crippen molar-refractivity contribution in [1.82, 2.24) is 9.55 Å². The fraction of sp³-hybridized carbons (Fsp3) is 0. The summed E-state index contributed by atoms with van der Waals surface area (Å²) in [5.74, 6) is -0.331. The summed E-state index contributed by atoms with van der Waals surface area (Å²) in [6.07, 6.45) is 0. The molecule has 1 heterocycles. The number of anilines is 1. The number of nitrogens with zero attached hydrogens (tertiary/aromatic N) is 2. The first kappa shape index (κ1) is 10.8. The van der Waals surface area contributed by atoms with Crippen LogP contribution in [0.2, 0.25) is 0 Å². The van der Waals surface area contributed by atoms with Gasteiger partial charge in [-0.25, -0.2) is 9.36 Å². The summed E-state index contributed by atoms with van der Waals surface area (Å²) in [6.45, 7) is 0. The van der Waals surface area contributed by atoms with Crippen LogP contribution in [0.4, 0.5) is 11.5 Å². The first-order valence-electron chi connectivity index (χ1n) is 4.68. The first-order valence-corrected chi connectivity index (χ1v) is 4.68. The molecule has 0 aliphatic carbocycles. The average Bonchev–Trinajstić information content (AvgIpc) is 2.30. The Balaban J connectivity index is 2.85. The Morgan fingerprint density at radius 1 is 1.18 bits per heavy atom. The van der Waals surface area contributed by atoms with Crippen LogP contribution >= 0.6 is 0 Å². The van der Waals surface area contributed by atoms with Gasteiger partial charge in [-0.2, -0.15) is 0 Å². The molecule has 17 heavy (non-hydrogen) atoms. The van der Waals surface area contributed by atoms with Crippen LogP contribution in [0.15, 0.2) is 45.1 Å². The smallest absolute Gasteiger partial charge is 0.334 e. The Labute approximate surface area is 94.5 Å². The number of H-pyrrole nitrogens is 1. The highest BCUT2D eigenvalue weighted by Gasteiger charge is 2.13. The van der Waals surface area contributed by atoms with E-state index < -0.39 is 16.9 Å². The third-order valence-electron chi connectivity index (χ3n) is 2.21. The van der Waals surface area contributed by atoms with Crippen LogP contribution < -0.4 is 17.0 Å². The maximum Gasteiger partial charge on any atom is 0.334 e. The molecule has 0 saturated heterocycles. The van der Waals surface area contributed by atoms with E-state index in [1.165, 1.54) is 0 Å². The molecule has 0 bridgehead atoms. The predicted molar refractivity (Wildman–Crippen MR) is 62.5 cm³/mol. The number of nitroso groups, excluding NO2 is 1. The summed E-state index contributed by atoms with van der Waals surface area (Å²) in [5.41, 5.74) is 3.59. The molecule has 86 valence electrons. The lowest BCUT2D eigenvalue weighted by molar-refractivity contribution is 0.880. The maximum absolute atomic E-state index is 11.8. The second-order valence-electron chi connectivity index (χ2n) is 3.26. The zero-order valence-electron chi connectivity index (χ0n) is 8.58. The van der Waals surface area contributed by atoms with Crippen LogP contribution in [0.1, 0.15) is 0 Å². The van der Waals surface area contributed by atoms with Crippen molar-refractivity contribution in [1.29, 1.82) is 0 Å². The lowest BCUT2D eigenvalue weighted by atomic mass is 10.3. The summed E-state index contributed by atoms with van der Waals surface area (Å²) in [7, 11) is 0. The number of aromatic nitrogens is 2. The molecule has 0 spiro atoms. The third kappa shape index (κ3) is 1.73. The highest BCUT2D eigenvalue weighted by atomic mass is 16.3. The third-order valence-corrected chi connectivity index (χ3v) is 2.21. The van der Waals surface area contributed by atoms with Gasteiger partial charge < -0.3 is 5.73 Å². The number of nitrogens with two attached hydrogens (primary N) is 1. The van der Waals surface area contributed by atoms with E-state index in [9.17, 15) is 14.5 Å². The molecule has 2 aromatic rings. The second kappa shape index (κ2) is 4.05. The van der Waals surface area contributed by atoms with Crippen molar-refractivity contribution in [2.24, 2.45) is 5.18 Å². The van der Waals surface area contributed by atoms with E-state index >= 15 is 0 Å². The Kier molecular flexibility index (Phi) is 2.57. The van der Waals surface area contributed by atoms with Gasteiger partial charge in [-0.3, -0.25) is 9.78 Å². The molecule has 0 amide bonds. The molecule has 7 heteroatoms. The molecule has 3 N–H and O–H groups in total. The van der Waals surface area contributed by atoms with Crippen LogP contribution in [-0.2, 0) is 0 Å². The average molecular weight is 232 g/mol. The van der Waals surface area contributed by atoms with Crippen molar-refractivity contribution in [3.05, 3.63) is 56.1 Å². The molecule has 1 aromatic carbocycles. The molecule has 0 aliphatic rings. The number of hydrogen-bond acceptors (Lipinski definition) is 5. The number of benzene rings is 1. The molecule has 0 fully saturated rings. The standard InChI is InChI=1S/C10H8N4O3/c11-8-7(13-17)9(15)14(10(16)12-8)6-4-2-1-3-5-6/h1-5H,11H2,(H,12,16). The van der Waals surface area contributed by atoms with E-state index in [1.807, 2.05) is 0 Å². The number of para-hydroxylation sites is 1. The second-order valence-corrected chi connectivity index (χ2v) is 3.26. The lowest BCUT2D eigenvalue weighted by Gasteiger charge is -2.05. The van der Waals surface area contributed by atoms with Crippen LogP contribution in [0.25, 0.3) is 5.69 Å². The largest absolute Gasteiger partial charge is 0.383 e. The number of aromatic amines is 1. The molecule has 1 aromatic heterocycles. The van der Waals surface area contributed by atoms with Crippen LogP contribution in [0, 0.1) is 4.91 Å². The van der Waals surface area contributed by atoms with Crippen molar-refractivity contribution in [2.75, 3.05) is 5.73 Å². The van der Waals surface area contributed by atoms with Gasteiger partial charge in [0.15, 0.2) is 0 Å². The molecule has 0 aliphatic heterocycles. The van der Waals surface area contributed by atoms with Gasteiger partial charge >= 0.3 is 5.69 Å². The number of hydrogen-bond donors (Lipinski definition) is 2. The van der Waals surface area contributed by atoms with Crippen molar-refractivity contribution in [3.63, 3.8) is 0 Å². The van der Waals surface area contributed by atoms with Crippen LogP contribution in [0.5, 0.6) is 0 Å². The summed E-state index contributed by atoms with van der Waals surface area (Å²) in [6, 6.07) is 8.17. The van der Waals surface area contributed by atoms with Crippen molar-refractivity contribution in [2.45, 2.75) is 0 Å². The summed E-state index contributed by atoms with van der Waals surface area (Å²) in [5, 5.41) is 2.52. The van der Waals surface area contributed by atoms with Gasteiger partial charge in [-0.1, -0.05) is 18.2 Å². The summed E-state index contributed by atoms with van der Waals surface area (Å²) >= 11 is 0. The van der Waals surface area contributed by atoms with E-state index in [0.717, 1.165) is 4.57 Å². The van der Waals surface area contributed by atoms with Gasteiger partial charge in [0.2, 0.25) is 5.69 Å². The minimum absolute atomic E-state index is 0.331. The topological polar surface area (TPSA) is 110 Å². The number of nitrogens with one attached hydrogen (secondary N) is 1. The van der Waals surface area contributed by atoms with Crippen LogP contribution in [-0.4, -0.2) is 9.55 Å². The molecular formula is C10H8N4O3. The van der Waals surface area contributed by atoms with Gasteiger partial charge in [0.1, 0.15) is 5.82 Å². The van der Waals surface area contributed by atoms with Gasteiger partial charge in [0.25, 0.3) is 5.56 Å². The van der Waals surface area contributed by atoms with E-state index in [0.29, 0.717) is 5.69 Å². The van der Waals surface area contributed by atoms with E-state index in [1.54, 1.807) is 30.3 Å². The predicted octanol–water partition coefficient (Wildman–Crippen LogP) is 0.506. The quantitative estimate of drug-likeness (QED) is 0.734. The van der Waals surface area contributed by atoms with Crippen molar-refractivity contribution >= 4 is 11.5 Å². The maximum atomic E-state index is 11.8. The normalized spacial score (nSPS) is 10.1. The minimum atomic E-state index is -0.840. The SMILES string of the molecule is Nc1[nH]c(=O)n(-c2ccccc2)c(=O)c1N=O. The molecule has 7 nitrogen and oxygen atoms in total. The molecular weight excluding hydrogens is 224 g/mol. The fourth-order valence-corrected chi connectivity index (χ4v) is 1.44. The van der Waals surface area contributed by atoms with E-state index in [4.69, 9.17) is 5.73 Å². The fourth-order valence-electron chi connectivity index (χ4n) is 1.44. The Morgan fingerprint density at radius 3 is 2.41 bits per heavy atom. The highest BCUT2D eigenvalue weighted by Crippen LogP contribution is 2.11.